The summed E-state index contributed by atoms with van der Waals surface area (Å²) in [6.45, 7) is 2.04. The van der Waals surface area contributed by atoms with Crippen LogP contribution in [0.4, 0.5) is 0 Å². The first kappa shape index (κ1) is 26.7. The molecule has 37 heavy (non-hydrogen) atoms. The molecule has 1 atom stereocenters. The Hall–Kier alpha value is -3.31. The van der Waals surface area contributed by atoms with Crippen molar-refractivity contribution in [2.24, 2.45) is 0 Å². The SMILES string of the molecule is Cc1cc(OCC(=O)N(Cc2ccccc2)[C@@H](Cc2ccccc2)C(=O)NC2CCCCC2)ccc1Cl. The molecule has 0 saturated heterocycles. The number of benzene rings is 3. The fourth-order valence-electron chi connectivity index (χ4n) is 4.81. The fourth-order valence-corrected chi connectivity index (χ4v) is 4.93. The van der Waals surface area contributed by atoms with Crippen LogP contribution in [0, 0.1) is 6.92 Å². The van der Waals surface area contributed by atoms with Crippen LogP contribution in [0.15, 0.2) is 78.9 Å². The van der Waals surface area contributed by atoms with E-state index in [0.29, 0.717) is 23.7 Å². The van der Waals surface area contributed by atoms with Gasteiger partial charge in [-0.25, -0.2) is 0 Å². The predicted molar refractivity (Wildman–Crippen MR) is 148 cm³/mol. The van der Waals surface area contributed by atoms with Crippen molar-refractivity contribution in [3.63, 3.8) is 0 Å². The van der Waals surface area contributed by atoms with Gasteiger partial charge in [0.15, 0.2) is 6.61 Å². The third-order valence-corrected chi connectivity index (χ3v) is 7.33. The molecule has 0 aromatic heterocycles. The number of carbonyl (C=O) groups is 2. The molecular formula is C31H35ClN2O3. The molecule has 5 nitrogen and oxygen atoms in total. The van der Waals surface area contributed by atoms with E-state index in [2.05, 4.69) is 5.32 Å². The van der Waals surface area contributed by atoms with Crippen LogP contribution in [0.25, 0.3) is 0 Å². The molecule has 3 aromatic rings. The number of nitrogens with one attached hydrogen (secondary N) is 1. The summed E-state index contributed by atoms with van der Waals surface area (Å²) in [6.07, 6.45) is 5.84. The van der Waals surface area contributed by atoms with Crippen molar-refractivity contribution >= 4 is 23.4 Å². The largest absolute Gasteiger partial charge is 0.484 e. The van der Waals surface area contributed by atoms with Gasteiger partial charge in [-0.05, 0) is 54.7 Å². The van der Waals surface area contributed by atoms with Crippen LogP contribution in [0.1, 0.15) is 48.8 Å². The van der Waals surface area contributed by atoms with Gasteiger partial charge in [-0.2, -0.15) is 0 Å². The lowest BCUT2D eigenvalue weighted by Crippen LogP contribution is -2.53. The van der Waals surface area contributed by atoms with E-state index >= 15 is 0 Å². The Bertz CT molecular complexity index is 1160. The van der Waals surface area contributed by atoms with Crippen molar-refractivity contribution in [2.45, 2.75) is 64.1 Å². The number of nitrogens with zero attached hydrogens (tertiary/aromatic N) is 1. The molecule has 0 unspecified atom stereocenters. The summed E-state index contributed by atoms with van der Waals surface area (Å²) in [5, 5.41) is 3.90. The van der Waals surface area contributed by atoms with Gasteiger partial charge in [0.25, 0.3) is 5.91 Å². The van der Waals surface area contributed by atoms with Gasteiger partial charge < -0.3 is 15.0 Å². The van der Waals surface area contributed by atoms with Crippen LogP contribution in [0.2, 0.25) is 5.02 Å². The zero-order valence-electron chi connectivity index (χ0n) is 21.4. The van der Waals surface area contributed by atoms with Crippen molar-refractivity contribution in [1.82, 2.24) is 10.2 Å². The van der Waals surface area contributed by atoms with Crippen LogP contribution in [0.5, 0.6) is 5.75 Å². The summed E-state index contributed by atoms with van der Waals surface area (Å²) in [6, 6.07) is 24.5. The highest BCUT2D eigenvalue weighted by molar-refractivity contribution is 6.31. The lowest BCUT2D eigenvalue weighted by Gasteiger charge is -2.33. The summed E-state index contributed by atoms with van der Waals surface area (Å²) in [5.74, 6) is 0.222. The van der Waals surface area contributed by atoms with Crippen molar-refractivity contribution in [3.8, 4) is 5.75 Å². The Balaban J connectivity index is 1.59. The first-order valence-corrected chi connectivity index (χ1v) is 13.4. The normalized spacial score (nSPS) is 14.5. The molecule has 6 heteroatoms. The molecule has 0 spiro atoms. The minimum absolute atomic E-state index is 0.109. The maximum absolute atomic E-state index is 13.7. The number of carbonyl (C=O) groups excluding carboxylic acids is 2. The van der Waals surface area contributed by atoms with Crippen molar-refractivity contribution in [3.05, 3.63) is 101 Å². The topological polar surface area (TPSA) is 58.6 Å². The molecule has 2 amide bonds. The van der Waals surface area contributed by atoms with E-state index in [9.17, 15) is 9.59 Å². The Morgan fingerprint density at radius 1 is 0.946 bits per heavy atom. The van der Waals surface area contributed by atoms with Gasteiger partial charge in [0, 0.05) is 24.0 Å². The highest BCUT2D eigenvalue weighted by Gasteiger charge is 2.32. The number of aryl methyl sites for hydroxylation is 1. The van der Waals surface area contributed by atoms with Crippen molar-refractivity contribution in [1.29, 1.82) is 0 Å². The second kappa shape index (κ2) is 13.3. The molecule has 1 fully saturated rings. The van der Waals surface area contributed by atoms with Gasteiger partial charge in [-0.15, -0.1) is 0 Å². The number of ether oxygens (including phenoxy) is 1. The highest BCUT2D eigenvalue weighted by Crippen LogP contribution is 2.22. The highest BCUT2D eigenvalue weighted by atomic mass is 35.5. The maximum atomic E-state index is 13.7. The van der Waals surface area contributed by atoms with E-state index in [1.165, 1.54) is 6.42 Å². The minimum atomic E-state index is -0.660. The van der Waals surface area contributed by atoms with E-state index in [0.717, 1.165) is 42.4 Å². The first-order valence-electron chi connectivity index (χ1n) is 13.1. The quantitative estimate of drug-likeness (QED) is 0.352. The van der Waals surface area contributed by atoms with Crippen LogP contribution in [-0.4, -0.2) is 35.4 Å². The first-order chi connectivity index (χ1) is 18.0. The van der Waals surface area contributed by atoms with E-state index in [1.807, 2.05) is 73.7 Å². The van der Waals surface area contributed by atoms with Gasteiger partial charge >= 0.3 is 0 Å². The molecule has 194 valence electrons. The molecular weight excluding hydrogens is 484 g/mol. The summed E-state index contributed by atoms with van der Waals surface area (Å²) in [7, 11) is 0. The second-order valence-electron chi connectivity index (χ2n) is 9.76. The third-order valence-electron chi connectivity index (χ3n) is 6.91. The molecule has 1 saturated carbocycles. The standard InChI is InChI=1S/C31H35ClN2O3/c1-23-19-27(17-18-28(23)32)37-22-30(35)34(21-25-13-7-3-8-14-25)29(20-24-11-5-2-6-12-24)31(36)33-26-15-9-4-10-16-26/h2-3,5-8,11-14,17-19,26,29H,4,9-10,15-16,20-22H2,1H3,(H,33,36)/t29-/m0/s1. The molecule has 0 radical (unpaired) electrons. The predicted octanol–water partition coefficient (Wildman–Crippen LogP) is 6.12. The monoisotopic (exact) mass is 518 g/mol. The molecule has 4 rings (SSSR count). The van der Waals surface area contributed by atoms with Gasteiger partial charge in [-0.3, -0.25) is 9.59 Å². The Labute approximate surface area is 224 Å². The zero-order chi connectivity index (χ0) is 26.0. The number of hydrogen-bond donors (Lipinski definition) is 1. The van der Waals surface area contributed by atoms with E-state index in [4.69, 9.17) is 16.3 Å². The lowest BCUT2D eigenvalue weighted by atomic mass is 9.94. The summed E-state index contributed by atoms with van der Waals surface area (Å²) in [4.78, 5) is 29.1. The number of halogens is 1. The minimum Gasteiger partial charge on any atom is -0.484 e. The molecule has 0 aliphatic heterocycles. The number of hydrogen-bond acceptors (Lipinski definition) is 3. The van der Waals surface area contributed by atoms with Crippen LogP contribution < -0.4 is 10.1 Å². The Morgan fingerprint density at radius 2 is 1.59 bits per heavy atom. The Morgan fingerprint density at radius 3 is 2.24 bits per heavy atom. The lowest BCUT2D eigenvalue weighted by molar-refractivity contribution is -0.143. The van der Waals surface area contributed by atoms with E-state index < -0.39 is 6.04 Å². The zero-order valence-corrected chi connectivity index (χ0v) is 22.1. The van der Waals surface area contributed by atoms with Gasteiger partial charge in [-0.1, -0.05) is 91.5 Å². The van der Waals surface area contributed by atoms with E-state index in [1.54, 1.807) is 17.0 Å². The molecule has 1 aliphatic carbocycles. The maximum Gasteiger partial charge on any atom is 0.261 e. The average molecular weight is 519 g/mol. The molecule has 0 bridgehead atoms. The summed E-state index contributed by atoms with van der Waals surface area (Å²) < 4.78 is 5.87. The molecule has 1 N–H and O–H groups in total. The van der Waals surface area contributed by atoms with Gasteiger partial charge in [0.1, 0.15) is 11.8 Å². The number of amides is 2. The molecule has 3 aromatic carbocycles. The van der Waals surface area contributed by atoms with Crippen molar-refractivity contribution < 1.29 is 14.3 Å². The Kier molecular flexibility index (Phi) is 9.61. The van der Waals surface area contributed by atoms with Gasteiger partial charge in [0.2, 0.25) is 5.91 Å². The number of rotatable bonds is 10. The second-order valence-corrected chi connectivity index (χ2v) is 10.2. The van der Waals surface area contributed by atoms with Gasteiger partial charge in [0.05, 0.1) is 0 Å². The summed E-state index contributed by atoms with van der Waals surface area (Å²) >= 11 is 6.14. The smallest absolute Gasteiger partial charge is 0.261 e. The van der Waals surface area contributed by atoms with Crippen LogP contribution in [-0.2, 0) is 22.6 Å². The molecule has 1 aliphatic rings. The van der Waals surface area contributed by atoms with E-state index in [-0.39, 0.29) is 24.5 Å². The fraction of sp³-hybridized carbons (Fsp3) is 0.355. The van der Waals surface area contributed by atoms with Crippen LogP contribution >= 0.6 is 11.6 Å². The summed E-state index contributed by atoms with van der Waals surface area (Å²) in [5.41, 5.74) is 2.84. The third kappa shape index (κ3) is 7.83. The average Bonchev–Trinajstić information content (AvgIpc) is 2.93. The van der Waals surface area contributed by atoms with Crippen molar-refractivity contribution in [2.75, 3.05) is 6.61 Å². The molecule has 0 heterocycles. The van der Waals surface area contributed by atoms with Crippen LogP contribution in [0.3, 0.4) is 0 Å².